The van der Waals surface area contributed by atoms with E-state index in [4.69, 9.17) is 16.3 Å². The third kappa shape index (κ3) is 5.30. The van der Waals surface area contributed by atoms with Gasteiger partial charge in [-0.1, -0.05) is 56.5 Å². The fourth-order valence-electron chi connectivity index (χ4n) is 3.35. The van der Waals surface area contributed by atoms with E-state index in [0.29, 0.717) is 6.61 Å². The number of hydrogen-bond acceptors (Lipinski definition) is 1. The Morgan fingerprint density at radius 3 is 2.52 bits per heavy atom. The van der Waals surface area contributed by atoms with Crippen LogP contribution in [0.1, 0.15) is 57.4 Å². The second-order valence-corrected chi connectivity index (χ2v) is 6.96. The lowest BCUT2D eigenvalue weighted by Gasteiger charge is -2.38. The molecule has 0 radical (unpaired) electrons. The van der Waals surface area contributed by atoms with Gasteiger partial charge in [-0.3, -0.25) is 0 Å². The van der Waals surface area contributed by atoms with Gasteiger partial charge in [0, 0.05) is 11.3 Å². The van der Waals surface area contributed by atoms with Gasteiger partial charge in [-0.2, -0.15) is 0 Å². The highest BCUT2D eigenvalue weighted by Crippen LogP contribution is 2.41. The molecule has 0 spiro atoms. The van der Waals surface area contributed by atoms with Crippen molar-refractivity contribution in [2.45, 2.75) is 58.5 Å². The van der Waals surface area contributed by atoms with E-state index >= 15 is 0 Å². The van der Waals surface area contributed by atoms with E-state index in [1.54, 1.807) is 0 Å². The molecule has 0 bridgehead atoms. The summed E-state index contributed by atoms with van der Waals surface area (Å²) >= 11 is 6.29. The van der Waals surface area contributed by atoms with E-state index in [2.05, 4.69) is 31.2 Å². The van der Waals surface area contributed by atoms with Crippen LogP contribution in [0.3, 0.4) is 0 Å². The molecule has 1 saturated carbocycles. The number of hydrogen-bond donors (Lipinski definition) is 0. The Balaban J connectivity index is 1.75. The zero-order chi connectivity index (χ0) is 15.0. The minimum absolute atomic E-state index is 0.221. The molecule has 1 aliphatic carbocycles. The van der Waals surface area contributed by atoms with Crippen LogP contribution in [-0.2, 0) is 11.3 Å². The molecule has 1 aromatic carbocycles. The highest BCUT2D eigenvalue weighted by Gasteiger charge is 2.34. The van der Waals surface area contributed by atoms with E-state index in [1.807, 2.05) is 6.07 Å². The van der Waals surface area contributed by atoms with Crippen LogP contribution in [0, 0.1) is 11.3 Å². The molecular formula is C19H29ClO. The normalized spacial score (nSPS) is 25.9. The Morgan fingerprint density at radius 2 is 1.90 bits per heavy atom. The molecule has 0 heterocycles. The van der Waals surface area contributed by atoms with Crippen molar-refractivity contribution in [3.63, 3.8) is 0 Å². The highest BCUT2D eigenvalue weighted by atomic mass is 35.5. The quantitative estimate of drug-likeness (QED) is 0.551. The van der Waals surface area contributed by atoms with Crippen LogP contribution >= 0.6 is 11.6 Å². The molecule has 0 unspecified atom stereocenters. The van der Waals surface area contributed by atoms with Crippen molar-refractivity contribution in [3.8, 4) is 0 Å². The predicted octanol–water partition coefficient (Wildman–Crippen LogP) is 5.81. The second kappa shape index (κ2) is 8.80. The van der Waals surface area contributed by atoms with Crippen LogP contribution < -0.4 is 0 Å². The molecule has 0 amide bonds. The lowest BCUT2D eigenvalue weighted by atomic mass is 9.71. The van der Waals surface area contributed by atoms with Crippen molar-refractivity contribution >= 4 is 11.6 Å². The van der Waals surface area contributed by atoms with Gasteiger partial charge < -0.3 is 4.74 Å². The summed E-state index contributed by atoms with van der Waals surface area (Å²) in [5.74, 6) is 1.66. The number of benzene rings is 1. The second-order valence-electron chi connectivity index (χ2n) is 6.70. The molecule has 118 valence electrons. The van der Waals surface area contributed by atoms with Crippen LogP contribution in [0.2, 0.25) is 0 Å². The summed E-state index contributed by atoms with van der Waals surface area (Å²) in [5, 5.41) is 0. The van der Waals surface area contributed by atoms with Gasteiger partial charge in [0.1, 0.15) is 0 Å². The van der Waals surface area contributed by atoms with Crippen molar-refractivity contribution < 1.29 is 4.74 Å². The maximum atomic E-state index is 6.29. The number of ether oxygens (including phenoxy) is 1. The Bertz CT molecular complexity index is 382. The Kier molecular flexibility index (Phi) is 7.06. The van der Waals surface area contributed by atoms with E-state index in [-0.39, 0.29) is 5.41 Å². The average Bonchev–Trinajstić information content (AvgIpc) is 2.55. The van der Waals surface area contributed by atoms with Gasteiger partial charge in [-0.25, -0.2) is 0 Å². The van der Waals surface area contributed by atoms with Crippen LogP contribution in [0.25, 0.3) is 0 Å². The van der Waals surface area contributed by atoms with E-state index in [9.17, 15) is 0 Å². The van der Waals surface area contributed by atoms with Gasteiger partial charge in [0.05, 0.1) is 13.2 Å². The Morgan fingerprint density at radius 1 is 1.19 bits per heavy atom. The van der Waals surface area contributed by atoms with E-state index in [0.717, 1.165) is 18.4 Å². The number of rotatable bonds is 8. The maximum Gasteiger partial charge on any atom is 0.0717 e. The van der Waals surface area contributed by atoms with Crippen molar-refractivity contribution in [1.82, 2.24) is 0 Å². The smallest absolute Gasteiger partial charge is 0.0717 e. The third-order valence-corrected chi connectivity index (χ3v) is 5.50. The first kappa shape index (κ1) is 16.8. The fraction of sp³-hybridized carbons (Fsp3) is 0.684. The van der Waals surface area contributed by atoms with Gasteiger partial charge in [0.15, 0.2) is 0 Å². The van der Waals surface area contributed by atoms with Crippen molar-refractivity contribution in [2.75, 3.05) is 12.5 Å². The standard InChI is InChI=1S/C19H29ClO/c1-2-3-7-17-10-12-19(15-20,13-11-17)16-21-14-18-8-5-4-6-9-18/h4-6,8-9,17H,2-3,7,10-16H2,1H3. The molecule has 0 aliphatic heterocycles. The Labute approximate surface area is 135 Å². The van der Waals surface area contributed by atoms with Gasteiger partial charge in [-0.05, 0) is 37.2 Å². The summed E-state index contributed by atoms with van der Waals surface area (Å²) in [4.78, 5) is 0. The molecule has 0 saturated heterocycles. The molecule has 1 fully saturated rings. The maximum absolute atomic E-state index is 6.29. The largest absolute Gasteiger partial charge is 0.376 e. The minimum atomic E-state index is 0.221. The monoisotopic (exact) mass is 308 g/mol. The average molecular weight is 309 g/mol. The molecule has 0 aromatic heterocycles. The highest BCUT2D eigenvalue weighted by molar-refractivity contribution is 6.18. The predicted molar refractivity (Wildman–Crippen MR) is 90.7 cm³/mol. The molecule has 0 atom stereocenters. The molecular weight excluding hydrogens is 280 g/mol. The van der Waals surface area contributed by atoms with E-state index < -0.39 is 0 Å². The van der Waals surface area contributed by atoms with Crippen LogP contribution in [0.4, 0.5) is 0 Å². The molecule has 1 nitrogen and oxygen atoms in total. The lowest BCUT2D eigenvalue weighted by molar-refractivity contribution is 0.0145. The van der Waals surface area contributed by atoms with Crippen LogP contribution in [0.15, 0.2) is 30.3 Å². The number of alkyl halides is 1. The molecule has 2 rings (SSSR count). The first-order chi connectivity index (χ1) is 10.3. The molecule has 1 aliphatic rings. The summed E-state index contributed by atoms with van der Waals surface area (Å²) in [7, 11) is 0. The first-order valence-corrected chi connectivity index (χ1v) is 8.99. The number of halogens is 1. The van der Waals surface area contributed by atoms with Crippen LogP contribution in [0.5, 0.6) is 0 Å². The molecule has 21 heavy (non-hydrogen) atoms. The van der Waals surface area contributed by atoms with Crippen molar-refractivity contribution in [3.05, 3.63) is 35.9 Å². The zero-order valence-electron chi connectivity index (χ0n) is 13.3. The fourth-order valence-corrected chi connectivity index (χ4v) is 3.69. The molecule has 1 aromatic rings. The van der Waals surface area contributed by atoms with Crippen molar-refractivity contribution in [2.24, 2.45) is 11.3 Å². The van der Waals surface area contributed by atoms with Crippen LogP contribution in [-0.4, -0.2) is 12.5 Å². The SMILES string of the molecule is CCCCC1CCC(CCl)(COCc2ccccc2)CC1. The summed E-state index contributed by atoms with van der Waals surface area (Å²) in [5.41, 5.74) is 1.47. The molecule has 0 N–H and O–H groups in total. The van der Waals surface area contributed by atoms with Gasteiger partial charge in [0.25, 0.3) is 0 Å². The minimum Gasteiger partial charge on any atom is -0.376 e. The summed E-state index contributed by atoms with van der Waals surface area (Å²) in [6.45, 7) is 3.80. The topological polar surface area (TPSA) is 9.23 Å². The van der Waals surface area contributed by atoms with Crippen molar-refractivity contribution in [1.29, 1.82) is 0 Å². The number of unbranched alkanes of at least 4 members (excludes halogenated alkanes) is 1. The summed E-state index contributed by atoms with van der Waals surface area (Å²) < 4.78 is 5.99. The van der Waals surface area contributed by atoms with Gasteiger partial charge in [-0.15, -0.1) is 11.6 Å². The lowest BCUT2D eigenvalue weighted by Crippen LogP contribution is -2.34. The summed E-state index contributed by atoms with van der Waals surface area (Å²) in [6, 6.07) is 10.4. The third-order valence-electron chi connectivity index (χ3n) is 4.94. The van der Waals surface area contributed by atoms with E-state index in [1.165, 1.54) is 50.5 Å². The first-order valence-electron chi connectivity index (χ1n) is 8.45. The molecule has 2 heteroatoms. The van der Waals surface area contributed by atoms with Gasteiger partial charge >= 0.3 is 0 Å². The zero-order valence-corrected chi connectivity index (χ0v) is 14.1. The Hall–Kier alpha value is -0.530. The summed E-state index contributed by atoms with van der Waals surface area (Å²) in [6.07, 6.45) is 9.24. The van der Waals surface area contributed by atoms with Gasteiger partial charge in [0.2, 0.25) is 0 Å².